The van der Waals surface area contributed by atoms with Crippen LogP contribution in [0.1, 0.15) is 6.92 Å². The molecule has 2 aromatic heterocycles. The Morgan fingerprint density at radius 1 is 1.58 bits per heavy atom. The molecule has 8 heteroatoms. The smallest absolute Gasteiger partial charge is 0.224 e. The third-order valence-electron chi connectivity index (χ3n) is 3.29. The standard InChI is InChI=1S/C11H16N6O2/c1-6-5-19-7(4-18)3-17(6)10-8-2-13-16-9(8)14-11(12)15-10/h2,6-7,18H,3-5H2,1H3,(H3,12,13,14,15,16). The normalized spacial score (nSPS) is 24.0. The Balaban J connectivity index is 2.04. The van der Waals surface area contributed by atoms with Crippen molar-refractivity contribution in [2.24, 2.45) is 0 Å². The molecule has 1 aliphatic rings. The first-order chi connectivity index (χ1) is 9.19. The van der Waals surface area contributed by atoms with Crippen LogP contribution >= 0.6 is 0 Å². The maximum atomic E-state index is 9.24. The first kappa shape index (κ1) is 12.1. The summed E-state index contributed by atoms with van der Waals surface area (Å²) in [7, 11) is 0. The zero-order valence-electron chi connectivity index (χ0n) is 10.6. The van der Waals surface area contributed by atoms with Crippen molar-refractivity contribution in [1.82, 2.24) is 20.2 Å². The van der Waals surface area contributed by atoms with E-state index >= 15 is 0 Å². The molecule has 2 unspecified atom stereocenters. The van der Waals surface area contributed by atoms with Crippen LogP contribution in [0.3, 0.4) is 0 Å². The number of nitrogens with two attached hydrogens (primary N) is 1. The van der Waals surface area contributed by atoms with Gasteiger partial charge in [-0.05, 0) is 6.92 Å². The molecule has 2 aromatic rings. The van der Waals surface area contributed by atoms with Crippen LogP contribution in [0.15, 0.2) is 6.20 Å². The number of fused-ring (bicyclic) bond motifs is 1. The zero-order valence-corrected chi connectivity index (χ0v) is 10.6. The molecule has 2 atom stereocenters. The number of hydrogen-bond acceptors (Lipinski definition) is 7. The molecule has 0 aliphatic carbocycles. The Hall–Kier alpha value is -1.93. The van der Waals surface area contributed by atoms with E-state index < -0.39 is 0 Å². The summed E-state index contributed by atoms with van der Waals surface area (Å²) < 4.78 is 5.53. The number of nitrogens with zero attached hydrogens (tertiary/aromatic N) is 4. The molecule has 1 saturated heterocycles. The molecule has 8 nitrogen and oxygen atoms in total. The number of ether oxygens (including phenoxy) is 1. The average Bonchev–Trinajstić information content (AvgIpc) is 2.86. The quantitative estimate of drug-likeness (QED) is 0.671. The SMILES string of the molecule is CC1COC(CO)CN1c1nc(N)nc2[nH]ncc12. The molecule has 0 amide bonds. The molecule has 102 valence electrons. The number of hydrogen-bond donors (Lipinski definition) is 3. The minimum absolute atomic E-state index is 0.0156. The zero-order chi connectivity index (χ0) is 13.4. The summed E-state index contributed by atoms with van der Waals surface area (Å²) >= 11 is 0. The third kappa shape index (κ3) is 2.08. The molecule has 1 aliphatic heterocycles. The van der Waals surface area contributed by atoms with Crippen LogP contribution in [0.4, 0.5) is 11.8 Å². The van der Waals surface area contributed by atoms with Crippen molar-refractivity contribution in [2.75, 3.05) is 30.4 Å². The minimum atomic E-state index is -0.214. The molecule has 0 aromatic carbocycles. The monoisotopic (exact) mass is 264 g/mol. The first-order valence-corrected chi connectivity index (χ1v) is 6.14. The molecular formula is C11H16N6O2. The van der Waals surface area contributed by atoms with Gasteiger partial charge in [-0.1, -0.05) is 0 Å². The number of aromatic amines is 1. The van der Waals surface area contributed by atoms with Gasteiger partial charge in [0.2, 0.25) is 5.95 Å². The number of nitrogens with one attached hydrogen (secondary N) is 1. The van der Waals surface area contributed by atoms with E-state index in [0.717, 1.165) is 11.2 Å². The van der Waals surface area contributed by atoms with E-state index in [2.05, 4.69) is 25.1 Å². The van der Waals surface area contributed by atoms with Crippen LogP contribution in [0.25, 0.3) is 11.0 Å². The van der Waals surface area contributed by atoms with E-state index in [9.17, 15) is 5.11 Å². The molecule has 0 spiro atoms. The molecule has 3 heterocycles. The lowest BCUT2D eigenvalue weighted by molar-refractivity contribution is -0.0104. The van der Waals surface area contributed by atoms with Crippen LogP contribution in [-0.4, -0.2) is 57.2 Å². The Labute approximate surface area is 109 Å². The third-order valence-corrected chi connectivity index (χ3v) is 3.29. The van der Waals surface area contributed by atoms with Gasteiger partial charge in [0.05, 0.1) is 36.9 Å². The predicted molar refractivity (Wildman–Crippen MR) is 69.7 cm³/mol. The maximum Gasteiger partial charge on any atom is 0.224 e. The summed E-state index contributed by atoms with van der Waals surface area (Å²) in [5, 5.41) is 16.8. The maximum absolute atomic E-state index is 9.24. The minimum Gasteiger partial charge on any atom is -0.394 e. The Morgan fingerprint density at radius 3 is 3.21 bits per heavy atom. The van der Waals surface area contributed by atoms with Gasteiger partial charge in [-0.25, -0.2) is 0 Å². The number of aromatic nitrogens is 4. The van der Waals surface area contributed by atoms with Crippen LogP contribution < -0.4 is 10.6 Å². The lowest BCUT2D eigenvalue weighted by atomic mass is 10.2. The van der Waals surface area contributed by atoms with Crippen LogP contribution in [0.5, 0.6) is 0 Å². The lowest BCUT2D eigenvalue weighted by Gasteiger charge is -2.38. The topological polar surface area (TPSA) is 113 Å². The molecule has 0 saturated carbocycles. The fourth-order valence-electron chi connectivity index (χ4n) is 2.28. The fourth-order valence-corrected chi connectivity index (χ4v) is 2.28. The summed E-state index contributed by atoms with van der Waals surface area (Å²) in [4.78, 5) is 10.5. The summed E-state index contributed by atoms with van der Waals surface area (Å²) in [6.45, 7) is 3.12. The molecule has 19 heavy (non-hydrogen) atoms. The Kier molecular flexibility index (Phi) is 2.96. The highest BCUT2D eigenvalue weighted by atomic mass is 16.5. The van der Waals surface area contributed by atoms with Crippen molar-refractivity contribution in [2.45, 2.75) is 19.1 Å². The number of morpholine rings is 1. The van der Waals surface area contributed by atoms with Gasteiger partial charge >= 0.3 is 0 Å². The highest BCUT2D eigenvalue weighted by Gasteiger charge is 2.28. The highest BCUT2D eigenvalue weighted by Crippen LogP contribution is 2.27. The van der Waals surface area contributed by atoms with E-state index in [1.165, 1.54) is 0 Å². The average molecular weight is 264 g/mol. The Bertz CT molecular complexity index is 586. The second kappa shape index (κ2) is 4.63. The number of rotatable bonds is 2. The number of nitrogen functional groups attached to an aromatic ring is 1. The number of aliphatic hydroxyl groups excluding tert-OH is 1. The van der Waals surface area contributed by atoms with Crippen LogP contribution in [-0.2, 0) is 4.74 Å². The van der Waals surface area contributed by atoms with Gasteiger partial charge in [0.1, 0.15) is 5.82 Å². The van der Waals surface area contributed by atoms with Crippen LogP contribution in [0.2, 0.25) is 0 Å². The van der Waals surface area contributed by atoms with Gasteiger partial charge in [0.15, 0.2) is 5.65 Å². The van der Waals surface area contributed by atoms with Gasteiger partial charge in [-0.3, -0.25) is 5.10 Å². The molecule has 4 N–H and O–H groups in total. The molecule has 0 radical (unpaired) electrons. The van der Waals surface area contributed by atoms with Gasteiger partial charge < -0.3 is 20.5 Å². The highest BCUT2D eigenvalue weighted by molar-refractivity contribution is 5.87. The van der Waals surface area contributed by atoms with Crippen LogP contribution in [0, 0.1) is 0 Å². The van der Waals surface area contributed by atoms with E-state index in [-0.39, 0.29) is 24.7 Å². The first-order valence-electron chi connectivity index (χ1n) is 6.14. The summed E-state index contributed by atoms with van der Waals surface area (Å²) in [6, 6.07) is 0.148. The van der Waals surface area contributed by atoms with E-state index in [1.54, 1.807) is 6.20 Å². The van der Waals surface area contributed by atoms with E-state index in [1.807, 2.05) is 6.92 Å². The Morgan fingerprint density at radius 2 is 2.42 bits per heavy atom. The number of aliphatic hydroxyl groups is 1. The van der Waals surface area contributed by atoms with Crippen molar-refractivity contribution in [3.05, 3.63) is 6.20 Å². The molecule has 1 fully saturated rings. The molecule has 3 rings (SSSR count). The van der Waals surface area contributed by atoms with E-state index in [0.29, 0.717) is 18.8 Å². The van der Waals surface area contributed by atoms with E-state index in [4.69, 9.17) is 10.5 Å². The second-order valence-electron chi connectivity index (χ2n) is 4.68. The number of anilines is 2. The summed E-state index contributed by atoms with van der Waals surface area (Å²) in [5.74, 6) is 0.927. The number of H-pyrrole nitrogens is 1. The van der Waals surface area contributed by atoms with Crippen molar-refractivity contribution in [1.29, 1.82) is 0 Å². The fraction of sp³-hybridized carbons (Fsp3) is 0.545. The van der Waals surface area contributed by atoms with Gasteiger partial charge in [0, 0.05) is 6.54 Å². The molecular weight excluding hydrogens is 248 g/mol. The van der Waals surface area contributed by atoms with Crippen molar-refractivity contribution >= 4 is 22.8 Å². The molecule has 0 bridgehead atoms. The van der Waals surface area contributed by atoms with Crippen molar-refractivity contribution < 1.29 is 9.84 Å². The predicted octanol–water partition coefficient (Wildman–Crippen LogP) is -0.479. The van der Waals surface area contributed by atoms with Gasteiger partial charge in [-0.2, -0.15) is 15.1 Å². The summed E-state index contributed by atoms with van der Waals surface area (Å²) in [5.41, 5.74) is 6.34. The lowest BCUT2D eigenvalue weighted by Crippen LogP contribution is -2.50. The van der Waals surface area contributed by atoms with Gasteiger partial charge in [0.25, 0.3) is 0 Å². The summed E-state index contributed by atoms with van der Waals surface area (Å²) in [6.07, 6.45) is 1.47. The van der Waals surface area contributed by atoms with Gasteiger partial charge in [-0.15, -0.1) is 0 Å². The van der Waals surface area contributed by atoms with Crippen molar-refractivity contribution in [3.63, 3.8) is 0 Å². The second-order valence-corrected chi connectivity index (χ2v) is 4.68. The van der Waals surface area contributed by atoms with Crippen molar-refractivity contribution in [3.8, 4) is 0 Å². The largest absolute Gasteiger partial charge is 0.394 e.